The highest BCUT2D eigenvalue weighted by Crippen LogP contribution is 2.27. The normalized spacial score (nSPS) is 10.1. The fraction of sp³-hybridized carbons (Fsp3) is 0.0870. The Kier molecular flexibility index (Phi) is 7.50. The Hall–Kier alpha value is -3.27. The van der Waals surface area contributed by atoms with E-state index in [2.05, 4.69) is 11.4 Å². The second-order valence-electron chi connectivity index (χ2n) is 6.22. The number of anilines is 1. The lowest BCUT2D eigenvalue weighted by atomic mass is 10.2. The molecule has 0 radical (unpaired) electrons. The zero-order valence-electron chi connectivity index (χ0n) is 15.8. The summed E-state index contributed by atoms with van der Waals surface area (Å²) in [7, 11) is 0. The van der Waals surface area contributed by atoms with E-state index in [0.29, 0.717) is 27.6 Å². The Balaban J connectivity index is 1.57. The van der Waals surface area contributed by atoms with Gasteiger partial charge >= 0.3 is 5.97 Å². The van der Waals surface area contributed by atoms with Crippen LogP contribution in [0.5, 0.6) is 0 Å². The first-order chi connectivity index (χ1) is 14.5. The van der Waals surface area contributed by atoms with Crippen LogP contribution >= 0.6 is 23.4 Å². The molecular weight excluding hydrogens is 420 g/mol. The molecule has 0 aliphatic rings. The second-order valence-corrected chi connectivity index (χ2v) is 7.68. The molecule has 0 saturated heterocycles. The van der Waals surface area contributed by atoms with E-state index in [4.69, 9.17) is 21.6 Å². The standard InChI is InChI=1S/C23H17ClN2O3S/c24-18-9-11-19(12-10-18)26-22(27)14-29-23(28)20-3-1-2-4-21(20)30-15-17-7-5-16(13-25)6-8-17/h1-12H,14-15H2,(H,26,27). The number of carbonyl (C=O) groups excluding carboxylic acids is 2. The van der Waals surface area contributed by atoms with E-state index in [1.54, 1.807) is 48.5 Å². The van der Waals surface area contributed by atoms with Crippen LogP contribution < -0.4 is 5.32 Å². The second kappa shape index (κ2) is 10.5. The van der Waals surface area contributed by atoms with Crippen LogP contribution in [0, 0.1) is 11.3 Å². The average Bonchev–Trinajstić information content (AvgIpc) is 2.78. The number of carbonyl (C=O) groups is 2. The molecule has 0 atom stereocenters. The molecule has 5 nitrogen and oxygen atoms in total. The Morgan fingerprint density at radius 1 is 1.00 bits per heavy atom. The van der Waals surface area contributed by atoms with E-state index in [1.165, 1.54) is 11.8 Å². The average molecular weight is 437 g/mol. The molecule has 30 heavy (non-hydrogen) atoms. The Labute approximate surface area is 183 Å². The van der Waals surface area contributed by atoms with Crippen molar-refractivity contribution >= 4 is 40.9 Å². The van der Waals surface area contributed by atoms with Gasteiger partial charge in [-0.3, -0.25) is 4.79 Å². The molecule has 0 bridgehead atoms. The summed E-state index contributed by atoms with van der Waals surface area (Å²) in [6, 6.07) is 23.1. The van der Waals surface area contributed by atoms with Gasteiger partial charge in [-0.15, -0.1) is 11.8 Å². The van der Waals surface area contributed by atoms with Crippen LogP contribution in [0.15, 0.2) is 77.7 Å². The first-order valence-corrected chi connectivity index (χ1v) is 10.3. The van der Waals surface area contributed by atoms with Crippen LogP contribution in [-0.2, 0) is 15.3 Å². The van der Waals surface area contributed by atoms with Crippen molar-refractivity contribution in [2.45, 2.75) is 10.6 Å². The maximum absolute atomic E-state index is 12.5. The molecule has 3 rings (SSSR count). The monoisotopic (exact) mass is 436 g/mol. The van der Waals surface area contributed by atoms with Gasteiger partial charge in [0, 0.05) is 21.4 Å². The summed E-state index contributed by atoms with van der Waals surface area (Å²) in [5.41, 5.74) is 2.60. The zero-order valence-corrected chi connectivity index (χ0v) is 17.4. The van der Waals surface area contributed by atoms with Crippen molar-refractivity contribution in [1.29, 1.82) is 5.26 Å². The third-order valence-electron chi connectivity index (χ3n) is 4.05. The molecule has 0 saturated carbocycles. The van der Waals surface area contributed by atoms with E-state index in [-0.39, 0.29) is 0 Å². The van der Waals surface area contributed by atoms with E-state index >= 15 is 0 Å². The highest BCUT2D eigenvalue weighted by atomic mass is 35.5. The summed E-state index contributed by atoms with van der Waals surface area (Å²) in [6.07, 6.45) is 0. The largest absolute Gasteiger partial charge is 0.452 e. The van der Waals surface area contributed by atoms with Crippen LogP contribution in [0.2, 0.25) is 5.02 Å². The number of amides is 1. The van der Waals surface area contributed by atoms with Crippen molar-refractivity contribution < 1.29 is 14.3 Å². The molecule has 3 aromatic carbocycles. The van der Waals surface area contributed by atoms with Gasteiger partial charge in [-0.25, -0.2) is 4.79 Å². The van der Waals surface area contributed by atoms with Gasteiger partial charge in [-0.2, -0.15) is 5.26 Å². The number of halogens is 1. The summed E-state index contributed by atoms with van der Waals surface area (Å²) in [5, 5.41) is 12.1. The van der Waals surface area contributed by atoms with Gasteiger partial charge in [0.25, 0.3) is 5.91 Å². The number of benzene rings is 3. The number of nitrogens with zero attached hydrogens (tertiary/aromatic N) is 1. The number of nitrogens with one attached hydrogen (secondary N) is 1. The lowest BCUT2D eigenvalue weighted by Gasteiger charge is -2.10. The van der Waals surface area contributed by atoms with E-state index in [9.17, 15) is 9.59 Å². The summed E-state index contributed by atoms with van der Waals surface area (Å²) >= 11 is 7.30. The molecule has 0 unspecified atom stereocenters. The minimum absolute atomic E-state index is 0.393. The maximum atomic E-state index is 12.5. The van der Waals surface area contributed by atoms with Crippen molar-refractivity contribution in [3.05, 3.63) is 94.5 Å². The van der Waals surface area contributed by atoms with Crippen LogP contribution in [0.3, 0.4) is 0 Å². The van der Waals surface area contributed by atoms with Crippen LogP contribution in [-0.4, -0.2) is 18.5 Å². The molecule has 0 spiro atoms. The minimum atomic E-state index is -0.566. The topological polar surface area (TPSA) is 79.2 Å². The van der Waals surface area contributed by atoms with Gasteiger partial charge in [0.15, 0.2) is 6.61 Å². The number of thioether (sulfide) groups is 1. The smallest absolute Gasteiger partial charge is 0.339 e. The van der Waals surface area contributed by atoms with Gasteiger partial charge in [0.2, 0.25) is 0 Å². The summed E-state index contributed by atoms with van der Waals surface area (Å²) in [4.78, 5) is 25.3. The van der Waals surface area contributed by atoms with Crippen LogP contribution in [0.25, 0.3) is 0 Å². The molecule has 7 heteroatoms. The Morgan fingerprint density at radius 3 is 2.40 bits per heavy atom. The van der Waals surface area contributed by atoms with Crippen molar-refractivity contribution in [1.82, 2.24) is 0 Å². The summed E-state index contributed by atoms with van der Waals surface area (Å²) in [6.45, 7) is -0.393. The predicted octanol–water partition coefficient (Wildman–Crippen LogP) is 5.30. The predicted molar refractivity (Wildman–Crippen MR) is 118 cm³/mol. The van der Waals surface area contributed by atoms with E-state index in [0.717, 1.165) is 10.5 Å². The number of esters is 1. The molecule has 0 fully saturated rings. The van der Waals surface area contributed by atoms with Crippen molar-refractivity contribution in [2.75, 3.05) is 11.9 Å². The first-order valence-electron chi connectivity index (χ1n) is 8.98. The Morgan fingerprint density at radius 2 is 1.70 bits per heavy atom. The molecule has 0 aliphatic heterocycles. The summed E-state index contributed by atoms with van der Waals surface area (Å²) < 4.78 is 5.18. The van der Waals surface area contributed by atoms with Gasteiger partial charge in [-0.1, -0.05) is 35.9 Å². The highest BCUT2D eigenvalue weighted by molar-refractivity contribution is 7.98. The number of nitriles is 1. The van der Waals surface area contributed by atoms with Crippen LogP contribution in [0.1, 0.15) is 21.5 Å². The van der Waals surface area contributed by atoms with Gasteiger partial charge in [0.05, 0.1) is 17.2 Å². The molecule has 1 N–H and O–H groups in total. The van der Waals surface area contributed by atoms with Crippen molar-refractivity contribution in [3.8, 4) is 6.07 Å². The lowest BCUT2D eigenvalue weighted by Crippen LogP contribution is -2.21. The highest BCUT2D eigenvalue weighted by Gasteiger charge is 2.15. The molecule has 150 valence electrons. The third kappa shape index (κ3) is 6.11. The molecule has 0 aliphatic carbocycles. The SMILES string of the molecule is N#Cc1ccc(CSc2ccccc2C(=O)OCC(=O)Nc2ccc(Cl)cc2)cc1. The number of ether oxygens (including phenoxy) is 1. The molecule has 0 aromatic heterocycles. The van der Waals surface area contributed by atoms with Gasteiger partial charge in [0.1, 0.15) is 0 Å². The van der Waals surface area contributed by atoms with Crippen molar-refractivity contribution in [2.24, 2.45) is 0 Å². The van der Waals surface area contributed by atoms with Crippen LogP contribution in [0.4, 0.5) is 5.69 Å². The quantitative estimate of drug-likeness (QED) is 0.401. The molecule has 0 heterocycles. The molecule has 1 amide bonds. The maximum Gasteiger partial charge on any atom is 0.339 e. The van der Waals surface area contributed by atoms with Gasteiger partial charge in [-0.05, 0) is 54.1 Å². The summed E-state index contributed by atoms with van der Waals surface area (Å²) in [5.74, 6) is -0.370. The Bertz CT molecular complexity index is 1080. The van der Waals surface area contributed by atoms with Crippen molar-refractivity contribution in [3.63, 3.8) is 0 Å². The minimum Gasteiger partial charge on any atom is -0.452 e. The first kappa shape index (κ1) is 21.4. The number of hydrogen-bond donors (Lipinski definition) is 1. The van der Waals surface area contributed by atoms with E-state index < -0.39 is 18.5 Å². The lowest BCUT2D eigenvalue weighted by molar-refractivity contribution is -0.119. The number of rotatable bonds is 7. The number of hydrogen-bond acceptors (Lipinski definition) is 5. The molecule has 3 aromatic rings. The van der Waals surface area contributed by atoms with Gasteiger partial charge < -0.3 is 10.1 Å². The molecular formula is C23H17ClN2O3S. The fourth-order valence-corrected chi connectivity index (χ4v) is 3.66. The zero-order chi connectivity index (χ0) is 21.3. The van der Waals surface area contributed by atoms with E-state index in [1.807, 2.05) is 24.3 Å². The third-order valence-corrected chi connectivity index (χ3v) is 5.44. The fourth-order valence-electron chi connectivity index (χ4n) is 2.54.